The summed E-state index contributed by atoms with van der Waals surface area (Å²) in [4.78, 5) is 8.30. The Kier molecular flexibility index (Phi) is 4.92. The number of rotatable bonds is 1. The Balaban J connectivity index is 2.27. The number of alkyl halides is 3. The van der Waals surface area contributed by atoms with Gasteiger partial charge in [-0.3, -0.25) is 4.90 Å². The van der Waals surface area contributed by atoms with Gasteiger partial charge in [0.25, 0.3) is 0 Å². The van der Waals surface area contributed by atoms with E-state index in [1.807, 2.05) is 4.90 Å². The Morgan fingerprint density at radius 1 is 0.875 bits per heavy atom. The lowest BCUT2D eigenvalue weighted by Gasteiger charge is -2.42. The van der Waals surface area contributed by atoms with Crippen LogP contribution in [-0.4, -0.2) is 41.6 Å². The fraction of sp³-hybridized carbons (Fsp3) is 0.722. The Morgan fingerprint density at radius 2 is 1.42 bits per heavy atom. The van der Waals surface area contributed by atoms with Crippen molar-refractivity contribution < 1.29 is 13.2 Å². The Bertz CT molecular complexity index is 575. The first-order chi connectivity index (χ1) is 10.8. The number of aromatic nitrogens is 1. The second-order valence-corrected chi connectivity index (χ2v) is 8.46. The van der Waals surface area contributed by atoms with Crippen LogP contribution >= 0.6 is 0 Å². The van der Waals surface area contributed by atoms with Crippen LogP contribution in [0.3, 0.4) is 0 Å². The molecule has 0 atom stereocenters. The molecule has 0 aliphatic carbocycles. The molecule has 1 aliphatic heterocycles. The molecule has 1 aromatic rings. The van der Waals surface area contributed by atoms with Crippen molar-refractivity contribution in [3.05, 3.63) is 23.4 Å². The molecule has 0 unspecified atom stereocenters. The van der Waals surface area contributed by atoms with E-state index in [0.717, 1.165) is 13.1 Å². The summed E-state index contributed by atoms with van der Waals surface area (Å²) in [5.74, 6) is 0.420. The van der Waals surface area contributed by atoms with Gasteiger partial charge in [0, 0.05) is 31.7 Å². The van der Waals surface area contributed by atoms with Crippen LogP contribution in [0, 0.1) is 0 Å². The highest BCUT2D eigenvalue weighted by Crippen LogP contribution is 2.37. The number of nitrogens with zero attached hydrogens (tertiary/aromatic N) is 3. The van der Waals surface area contributed by atoms with Gasteiger partial charge in [-0.15, -0.1) is 0 Å². The average Bonchev–Trinajstić information content (AvgIpc) is 2.44. The summed E-state index contributed by atoms with van der Waals surface area (Å²) in [5.41, 5.74) is -1.04. The highest BCUT2D eigenvalue weighted by Gasteiger charge is 2.39. The van der Waals surface area contributed by atoms with Crippen molar-refractivity contribution in [1.29, 1.82) is 0 Å². The molecular formula is C18H28F3N3. The summed E-state index contributed by atoms with van der Waals surface area (Å²) in [6.45, 7) is 14.8. The molecule has 24 heavy (non-hydrogen) atoms. The number of hydrogen-bond donors (Lipinski definition) is 0. The summed E-state index contributed by atoms with van der Waals surface area (Å²) in [6, 6.07) is 3.31. The molecule has 1 aliphatic rings. The van der Waals surface area contributed by atoms with E-state index in [1.54, 1.807) is 32.9 Å². The van der Waals surface area contributed by atoms with E-state index in [9.17, 15) is 13.2 Å². The zero-order valence-corrected chi connectivity index (χ0v) is 15.5. The van der Waals surface area contributed by atoms with E-state index in [4.69, 9.17) is 0 Å². The van der Waals surface area contributed by atoms with Crippen LogP contribution in [0.25, 0.3) is 0 Å². The van der Waals surface area contributed by atoms with Crippen LogP contribution in [0.5, 0.6) is 0 Å². The number of anilines is 1. The highest BCUT2D eigenvalue weighted by molar-refractivity contribution is 5.45. The van der Waals surface area contributed by atoms with Gasteiger partial charge in [0.1, 0.15) is 5.82 Å². The molecule has 1 fully saturated rings. The average molecular weight is 343 g/mol. The third-order valence-electron chi connectivity index (χ3n) is 4.51. The zero-order chi connectivity index (χ0) is 18.3. The van der Waals surface area contributed by atoms with Crippen LogP contribution in [0.1, 0.15) is 52.8 Å². The summed E-state index contributed by atoms with van der Waals surface area (Å²) in [7, 11) is 0. The van der Waals surface area contributed by atoms with Gasteiger partial charge in [-0.25, -0.2) is 4.98 Å². The van der Waals surface area contributed by atoms with Crippen LogP contribution in [0.2, 0.25) is 0 Å². The quantitative estimate of drug-likeness (QED) is 0.757. The Morgan fingerprint density at radius 3 is 1.83 bits per heavy atom. The van der Waals surface area contributed by atoms with Gasteiger partial charge < -0.3 is 4.90 Å². The van der Waals surface area contributed by atoms with Gasteiger partial charge in [-0.2, -0.15) is 13.2 Å². The van der Waals surface area contributed by atoms with E-state index in [1.165, 1.54) is 0 Å². The zero-order valence-electron chi connectivity index (χ0n) is 15.5. The van der Waals surface area contributed by atoms with Crippen molar-refractivity contribution in [1.82, 2.24) is 9.88 Å². The molecule has 0 radical (unpaired) electrons. The Hall–Kier alpha value is -1.30. The summed E-state index contributed by atoms with van der Waals surface area (Å²) < 4.78 is 40.4. The molecule has 0 amide bonds. The SMILES string of the molecule is CC(C)(C)c1ccc(N2CCN(C(C)(C)C)CC2)nc1C(F)(F)F. The molecule has 0 bridgehead atoms. The fourth-order valence-electron chi connectivity index (χ4n) is 3.05. The lowest BCUT2D eigenvalue weighted by Crippen LogP contribution is -2.53. The molecule has 0 aromatic carbocycles. The molecule has 1 saturated heterocycles. The maximum Gasteiger partial charge on any atom is 0.433 e. The highest BCUT2D eigenvalue weighted by atomic mass is 19.4. The van der Waals surface area contributed by atoms with Gasteiger partial charge in [-0.1, -0.05) is 26.8 Å². The topological polar surface area (TPSA) is 19.4 Å². The Labute approximate surface area is 142 Å². The molecule has 0 saturated carbocycles. The van der Waals surface area contributed by atoms with Crippen molar-refractivity contribution in [2.24, 2.45) is 0 Å². The minimum absolute atomic E-state index is 0.0761. The van der Waals surface area contributed by atoms with Crippen molar-refractivity contribution in [3.63, 3.8) is 0 Å². The van der Waals surface area contributed by atoms with Crippen molar-refractivity contribution >= 4 is 5.82 Å². The minimum atomic E-state index is -4.44. The van der Waals surface area contributed by atoms with Crippen LogP contribution < -0.4 is 4.90 Å². The van der Waals surface area contributed by atoms with Crippen LogP contribution in [0.4, 0.5) is 19.0 Å². The predicted molar refractivity (Wildman–Crippen MR) is 91.5 cm³/mol. The molecule has 6 heteroatoms. The molecule has 0 spiro atoms. The third kappa shape index (κ3) is 4.21. The molecule has 2 heterocycles. The summed E-state index contributed by atoms with van der Waals surface area (Å²) >= 11 is 0. The normalized spacial score (nSPS) is 18.1. The first kappa shape index (κ1) is 19.0. The smallest absolute Gasteiger partial charge is 0.354 e. The van der Waals surface area contributed by atoms with Gasteiger partial charge in [-0.05, 0) is 37.8 Å². The number of hydrogen-bond acceptors (Lipinski definition) is 3. The second kappa shape index (κ2) is 6.21. The van der Waals surface area contributed by atoms with E-state index < -0.39 is 17.3 Å². The largest absolute Gasteiger partial charge is 0.433 e. The van der Waals surface area contributed by atoms with Crippen LogP contribution in [-0.2, 0) is 11.6 Å². The van der Waals surface area contributed by atoms with Crippen molar-refractivity contribution in [2.45, 2.75) is 58.7 Å². The molecular weight excluding hydrogens is 315 g/mol. The first-order valence-electron chi connectivity index (χ1n) is 8.39. The number of pyridine rings is 1. The molecule has 0 N–H and O–H groups in total. The minimum Gasteiger partial charge on any atom is -0.354 e. The fourth-order valence-corrected chi connectivity index (χ4v) is 3.05. The first-order valence-corrected chi connectivity index (χ1v) is 8.39. The molecule has 1 aromatic heterocycles. The lowest BCUT2D eigenvalue weighted by molar-refractivity contribution is -0.142. The summed E-state index contributed by atoms with van der Waals surface area (Å²) in [5, 5.41) is 0. The molecule has 2 rings (SSSR count). The predicted octanol–water partition coefficient (Wildman–Crippen LogP) is 4.32. The number of halogens is 3. The number of piperazine rings is 1. The third-order valence-corrected chi connectivity index (χ3v) is 4.51. The maximum absolute atomic E-state index is 13.5. The summed E-state index contributed by atoms with van der Waals surface area (Å²) in [6.07, 6.45) is -4.44. The lowest BCUT2D eigenvalue weighted by atomic mass is 9.85. The van der Waals surface area contributed by atoms with Gasteiger partial charge in [0.2, 0.25) is 0 Å². The van der Waals surface area contributed by atoms with E-state index >= 15 is 0 Å². The monoisotopic (exact) mass is 343 g/mol. The van der Waals surface area contributed by atoms with Gasteiger partial charge >= 0.3 is 6.18 Å². The van der Waals surface area contributed by atoms with E-state index in [-0.39, 0.29) is 11.1 Å². The maximum atomic E-state index is 13.5. The van der Waals surface area contributed by atoms with Gasteiger partial charge in [0.15, 0.2) is 5.69 Å². The van der Waals surface area contributed by atoms with Crippen LogP contribution in [0.15, 0.2) is 12.1 Å². The standard InChI is InChI=1S/C18H28F3N3/c1-16(2,3)13-7-8-14(22-15(13)18(19,20)21)23-9-11-24(12-10-23)17(4,5)6/h7-8H,9-12H2,1-6H3. The van der Waals surface area contributed by atoms with Gasteiger partial charge in [0.05, 0.1) is 0 Å². The van der Waals surface area contributed by atoms with Crippen molar-refractivity contribution in [3.8, 4) is 0 Å². The van der Waals surface area contributed by atoms with Crippen molar-refractivity contribution in [2.75, 3.05) is 31.1 Å². The molecule has 136 valence electrons. The second-order valence-electron chi connectivity index (χ2n) is 8.46. The van der Waals surface area contributed by atoms with E-state index in [2.05, 4.69) is 30.7 Å². The molecule has 3 nitrogen and oxygen atoms in total. The van der Waals surface area contributed by atoms with E-state index in [0.29, 0.717) is 18.9 Å².